The molecule has 7 heteroatoms. The molecule has 2 aliphatic rings. The number of rotatable bonds is 2. The highest BCUT2D eigenvalue weighted by Crippen LogP contribution is 2.43. The predicted octanol–water partition coefficient (Wildman–Crippen LogP) is 2.91. The Balaban J connectivity index is 1.50. The molecule has 2 aromatic rings. The highest BCUT2D eigenvalue weighted by molar-refractivity contribution is 6.30. The van der Waals surface area contributed by atoms with Crippen LogP contribution >= 0.6 is 11.6 Å². The Morgan fingerprint density at radius 1 is 1.15 bits per heavy atom. The summed E-state index contributed by atoms with van der Waals surface area (Å²) in [6.07, 6.45) is 1.59. The first-order valence-electron chi connectivity index (χ1n) is 9.13. The first kappa shape index (κ1) is 18.0. The Labute approximate surface area is 163 Å². The first-order valence-corrected chi connectivity index (χ1v) is 9.51. The van der Waals surface area contributed by atoms with Crippen molar-refractivity contribution in [1.82, 2.24) is 20.0 Å². The van der Waals surface area contributed by atoms with E-state index in [0.717, 1.165) is 16.7 Å². The van der Waals surface area contributed by atoms with Crippen molar-refractivity contribution >= 4 is 23.4 Å². The number of hydrogen-bond acceptors (Lipinski definition) is 3. The molecule has 3 heterocycles. The van der Waals surface area contributed by atoms with Gasteiger partial charge < -0.3 is 9.80 Å². The molecular weight excluding hydrogens is 364 g/mol. The number of nitrogens with one attached hydrogen (secondary N) is 1. The maximum atomic E-state index is 13.2. The molecular formula is C20H23ClN4O2. The van der Waals surface area contributed by atoms with E-state index >= 15 is 0 Å². The molecule has 2 fully saturated rings. The zero-order valence-electron chi connectivity index (χ0n) is 15.8. The van der Waals surface area contributed by atoms with Crippen LogP contribution < -0.4 is 0 Å². The van der Waals surface area contributed by atoms with E-state index in [1.807, 2.05) is 35.8 Å². The second-order valence-electron chi connectivity index (χ2n) is 8.11. The lowest BCUT2D eigenvalue weighted by atomic mass is 9.83. The van der Waals surface area contributed by atoms with Gasteiger partial charge in [-0.1, -0.05) is 18.5 Å². The minimum absolute atomic E-state index is 0.0228. The number of H-pyrrole nitrogens is 1. The third kappa shape index (κ3) is 3.02. The predicted molar refractivity (Wildman–Crippen MR) is 103 cm³/mol. The third-order valence-corrected chi connectivity index (χ3v) is 6.21. The zero-order valence-corrected chi connectivity index (χ0v) is 16.5. The van der Waals surface area contributed by atoms with Crippen molar-refractivity contribution in [2.45, 2.75) is 20.8 Å². The Bertz CT molecular complexity index is 888. The van der Waals surface area contributed by atoms with E-state index in [-0.39, 0.29) is 23.1 Å². The van der Waals surface area contributed by atoms with Crippen LogP contribution in [0.5, 0.6) is 0 Å². The number of halogens is 1. The average Bonchev–Trinajstić information content (AvgIpc) is 3.26. The van der Waals surface area contributed by atoms with Gasteiger partial charge >= 0.3 is 0 Å². The van der Waals surface area contributed by atoms with E-state index in [2.05, 4.69) is 17.1 Å². The van der Waals surface area contributed by atoms with Gasteiger partial charge in [0.2, 0.25) is 0 Å². The number of carbonyl (C=O) groups is 2. The summed E-state index contributed by atoms with van der Waals surface area (Å²) < 4.78 is 0. The number of likely N-dealkylation sites (tertiary alicyclic amines) is 2. The summed E-state index contributed by atoms with van der Waals surface area (Å²) in [6.45, 7) is 8.67. The Morgan fingerprint density at radius 2 is 1.74 bits per heavy atom. The van der Waals surface area contributed by atoms with Gasteiger partial charge in [-0.2, -0.15) is 5.10 Å². The fourth-order valence-electron chi connectivity index (χ4n) is 4.60. The summed E-state index contributed by atoms with van der Waals surface area (Å²) in [6, 6.07) is 5.37. The van der Waals surface area contributed by atoms with Crippen LogP contribution in [0.2, 0.25) is 5.02 Å². The number of fused-ring (bicyclic) bond motifs is 1. The van der Waals surface area contributed by atoms with Crippen LogP contribution in [0.3, 0.4) is 0 Å². The number of aryl methyl sites for hydroxylation is 2. The molecule has 1 N–H and O–H groups in total. The number of aromatic nitrogens is 2. The van der Waals surface area contributed by atoms with Gasteiger partial charge in [-0.05, 0) is 43.2 Å². The highest BCUT2D eigenvalue weighted by Gasteiger charge is 2.51. The van der Waals surface area contributed by atoms with Crippen LogP contribution in [0.1, 0.15) is 38.9 Å². The van der Waals surface area contributed by atoms with Gasteiger partial charge in [0.05, 0.1) is 0 Å². The molecule has 4 rings (SSSR count). The van der Waals surface area contributed by atoms with Crippen LogP contribution in [0.15, 0.2) is 24.4 Å². The molecule has 6 nitrogen and oxygen atoms in total. The van der Waals surface area contributed by atoms with Crippen molar-refractivity contribution < 1.29 is 9.59 Å². The van der Waals surface area contributed by atoms with Gasteiger partial charge in [-0.25, -0.2) is 0 Å². The number of carbonyl (C=O) groups excluding carboxylic acids is 2. The summed E-state index contributed by atoms with van der Waals surface area (Å²) in [4.78, 5) is 29.6. The van der Waals surface area contributed by atoms with Crippen LogP contribution in [-0.4, -0.2) is 58.0 Å². The molecule has 0 aliphatic carbocycles. The number of amides is 2. The Hall–Kier alpha value is -2.34. The summed E-state index contributed by atoms with van der Waals surface area (Å²) >= 11 is 6.11. The summed E-state index contributed by atoms with van der Waals surface area (Å²) in [5.41, 5.74) is 2.98. The summed E-state index contributed by atoms with van der Waals surface area (Å²) in [7, 11) is 0. The molecule has 2 atom stereocenters. The van der Waals surface area contributed by atoms with Crippen LogP contribution in [-0.2, 0) is 0 Å². The molecule has 27 heavy (non-hydrogen) atoms. The SMILES string of the molecule is Cc1cc(Cl)cc(C)c1C(=O)N1C[C@@H]2CN(C(=O)c3ccn[nH]3)C[C@]2(C)C1. The first-order chi connectivity index (χ1) is 12.8. The average molecular weight is 387 g/mol. The molecule has 2 aliphatic heterocycles. The van der Waals surface area contributed by atoms with E-state index in [0.29, 0.717) is 36.9 Å². The summed E-state index contributed by atoms with van der Waals surface area (Å²) in [5, 5.41) is 7.25. The third-order valence-electron chi connectivity index (χ3n) is 5.99. The van der Waals surface area contributed by atoms with E-state index in [1.165, 1.54) is 0 Å². The van der Waals surface area contributed by atoms with Crippen molar-refractivity contribution in [3.05, 3.63) is 51.8 Å². The molecule has 0 saturated carbocycles. The van der Waals surface area contributed by atoms with Gasteiger partial charge in [0.15, 0.2) is 0 Å². The number of nitrogens with zero attached hydrogens (tertiary/aromatic N) is 3. The number of aromatic amines is 1. The quantitative estimate of drug-likeness (QED) is 0.862. The molecule has 2 saturated heterocycles. The monoisotopic (exact) mass is 386 g/mol. The maximum absolute atomic E-state index is 13.2. The van der Waals surface area contributed by atoms with Crippen molar-refractivity contribution in [2.24, 2.45) is 11.3 Å². The Kier molecular flexibility index (Phi) is 4.26. The molecule has 1 aromatic heterocycles. The number of benzene rings is 1. The van der Waals surface area contributed by atoms with E-state index in [4.69, 9.17) is 11.6 Å². The topological polar surface area (TPSA) is 69.3 Å². The molecule has 0 bridgehead atoms. The van der Waals surface area contributed by atoms with Crippen LogP contribution in [0, 0.1) is 25.2 Å². The van der Waals surface area contributed by atoms with Crippen LogP contribution in [0.4, 0.5) is 0 Å². The maximum Gasteiger partial charge on any atom is 0.271 e. The molecule has 0 radical (unpaired) electrons. The second-order valence-corrected chi connectivity index (χ2v) is 8.54. The minimum atomic E-state index is -0.0838. The largest absolute Gasteiger partial charge is 0.338 e. The zero-order chi connectivity index (χ0) is 19.3. The fraction of sp³-hybridized carbons (Fsp3) is 0.450. The molecule has 0 spiro atoms. The number of hydrogen-bond donors (Lipinski definition) is 1. The Morgan fingerprint density at radius 3 is 2.26 bits per heavy atom. The molecule has 2 amide bonds. The minimum Gasteiger partial charge on any atom is -0.338 e. The van der Waals surface area contributed by atoms with Gasteiger partial charge in [-0.15, -0.1) is 0 Å². The van der Waals surface area contributed by atoms with Crippen molar-refractivity contribution in [3.63, 3.8) is 0 Å². The fourth-order valence-corrected chi connectivity index (χ4v) is 4.93. The highest BCUT2D eigenvalue weighted by atomic mass is 35.5. The molecule has 0 unspecified atom stereocenters. The van der Waals surface area contributed by atoms with Crippen LogP contribution in [0.25, 0.3) is 0 Å². The van der Waals surface area contributed by atoms with Gasteiger partial charge in [0.1, 0.15) is 5.69 Å². The lowest BCUT2D eigenvalue weighted by molar-refractivity contribution is 0.0717. The van der Waals surface area contributed by atoms with Crippen molar-refractivity contribution in [2.75, 3.05) is 26.2 Å². The van der Waals surface area contributed by atoms with Gasteiger partial charge in [0.25, 0.3) is 11.8 Å². The normalized spacial score (nSPS) is 24.4. The van der Waals surface area contributed by atoms with Crippen molar-refractivity contribution in [3.8, 4) is 0 Å². The van der Waals surface area contributed by atoms with E-state index in [1.54, 1.807) is 12.3 Å². The lowest BCUT2D eigenvalue weighted by Gasteiger charge is -2.26. The second kappa shape index (κ2) is 6.37. The van der Waals surface area contributed by atoms with Gasteiger partial charge in [0, 0.05) is 54.3 Å². The standard InChI is InChI=1S/C20H23ClN4O2/c1-12-6-15(21)7-13(2)17(12)19(27)25-9-14-8-24(10-20(14,3)11-25)18(26)16-4-5-22-23-16/h4-7,14H,8-11H2,1-3H3,(H,22,23)/t14-,20+/m0/s1. The van der Waals surface area contributed by atoms with Gasteiger partial charge in [-0.3, -0.25) is 14.7 Å². The molecule has 142 valence electrons. The van der Waals surface area contributed by atoms with Crippen molar-refractivity contribution in [1.29, 1.82) is 0 Å². The molecule has 1 aromatic carbocycles. The van der Waals surface area contributed by atoms with E-state index in [9.17, 15) is 9.59 Å². The lowest BCUT2D eigenvalue weighted by Crippen LogP contribution is -2.38. The van der Waals surface area contributed by atoms with E-state index < -0.39 is 0 Å². The summed E-state index contributed by atoms with van der Waals surface area (Å²) in [5.74, 6) is 0.315. The smallest absolute Gasteiger partial charge is 0.271 e.